The van der Waals surface area contributed by atoms with Crippen molar-refractivity contribution in [2.45, 2.75) is 26.2 Å². The first kappa shape index (κ1) is 13.4. The van der Waals surface area contributed by atoms with Gasteiger partial charge in [-0.25, -0.2) is 8.78 Å². The molecule has 1 aromatic rings. The fraction of sp³-hybridized carbons (Fsp3) is 0.417. The molecular weight excluding hydrogens is 228 g/mol. The van der Waals surface area contributed by atoms with Crippen LogP contribution in [0.2, 0.25) is 0 Å². The molecule has 0 aliphatic rings. The van der Waals surface area contributed by atoms with Crippen LogP contribution in [0.4, 0.5) is 14.5 Å². The number of rotatable bonds is 4. The number of carboxylic acids is 1. The van der Waals surface area contributed by atoms with E-state index in [-0.39, 0.29) is 17.2 Å². The zero-order valence-corrected chi connectivity index (χ0v) is 9.71. The Hall–Kier alpha value is -1.65. The largest absolute Gasteiger partial charge is 0.481 e. The molecule has 0 saturated heterocycles. The summed E-state index contributed by atoms with van der Waals surface area (Å²) in [5.41, 5.74) is 5.19. The standard InChI is InChI=1S/C12H15F2NO2/c1-3-6(2)10(12(16)17)8-4-7(13)5-9(14)11(8)15/h4-6,10H,3,15H2,1-2H3,(H,16,17). The average molecular weight is 243 g/mol. The number of hydrogen-bond donors (Lipinski definition) is 2. The predicted octanol–water partition coefficient (Wildman–Crippen LogP) is 2.76. The molecule has 0 saturated carbocycles. The first-order valence-corrected chi connectivity index (χ1v) is 5.35. The van der Waals surface area contributed by atoms with E-state index >= 15 is 0 Å². The van der Waals surface area contributed by atoms with Gasteiger partial charge in [-0.05, 0) is 17.5 Å². The molecule has 1 aromatic carbocycles. The van der Waals surface area contributed by atoms with Gasteiger partial charge in [-0.1, -0.05) is 20.3 Å². The molecule has 0 radical (unpaired) electrons. The summed E-state index contributed by atoms with van der Waals surface area (Å²) < 4.78 is 26.4. The monoisotopic (exact) mass is 243 g/mol. The smallest absolute Gasteiger partial charge is 0.311 e. The number of carbonyl (C=O) groups is 1. The van der Waals surface area contributed by atoms with Crippen LogP contribution < -0.4 is 5.73 Å². The molecule has 3 N–H and O–H groups in total. The van der Waals surface area contributed by atoms with Gasteiger partial charge in [0.1, 0.15) is 11.6 Å². The molecule has 2 unspecified atom stereocenters. The zero-order valence-electron chi connectivity index (χ0n) is 9.71. The van der Waals surface area contributed by atoms with Crippen molar-refractivity contribution >= 4 is 11.7 Å². The van der Waals surface area contributed by atoms with Gasteiger partial charge in [-0.15, -0.1) is 0 Å². The van der Waals surface area contributed by atoms with Crippen LogP contribution in [-0.2, 0) is 4.79 Å². The number of nitrogens with two attached hydrogens (primary N) is 1. The molecule has 1 rings (SSSR count). The van der Waals surface area contributed by atoms with Crippen LogP contribution in [0.3, 0.4) is 0 Å². The molecule has 17 heavy (non-hydrogen) atoms. The third kappa shape index (κ3) is 2.72. The predicted molar refractivity (Wildman–Crippen MR) is 60.6 cm³/mol. The van der Waals surface area contributed by atoms with Gasteiger partial charge in [-0.2, -0.15) is 0 Å². The van der Waals surface area contributed by atoms with Crippen molar-refractivity contribution in [3.05, 3.63) is 29.3 Å². The second-order valence-corrected chi connectivity index (χ2v) is 4.09. The van der Waals surface area contributed by atoms with Crippen molar-refractivity contribution < 1.29 is 18.7 Å². The van der Waals surface area contributed by atoms with Gasteiger partial charge >= 0.3 is 5.97 Å². The van der Waals surface area contributed by atoms with Gasteiger partial charge in [-0.3, -0.25) is 4.79 Å². The highest BCUT2D eigenvalue weighted by atomic mass is 19.1. The summed E-state index contributed by atoms with van der Waals surface area (Å²) in [7, 11) is 0. The minimum absolute atomic E-state index is 0.00403. The van der Waals surface area contributed by atoms with Gasteiger partial charge < -0.3 is 10.8 Å². The van der Waals surface area contributed by atoms with Gasteiger partial charge in [0.15, 0.2) is 0 Å². The second kappa shape index (κ2) is 5.12. The van der Waals surface area contributed by atoms with E-state index in [1.54, 1.807) is 6.92 Å². The van der Waals surface area contributed by atoms with Crippen LogP contribution in [0, 0.1) is 17.6 Å². The summed E-state index contributed by atoms with van der Waals surface area (Å²) in [6, 6.07) is 1.64. The van der Waals surface area contributed by atoms with Crippen molar-refractivity contribution in [3.8, 4) is 0 Å². The summed E-state index contributed by atoms with van der Waals surface area (Å²) in [6.07, 6.45) is 0.578. The highest BCUT2D eigenvalue weighted by Crippen LogP contribution is 2.33. The maximum Gasteiger partial charge on any atom is 0.311 e. The molecule has 0 aliphatic carbocycles. The maximum absolute atomic E-state index is 13.3. The molecule has 0 amide bonds. The number of aliphatic carboxylic acids is 1. The van der Waals surface area contributed by atoms with E-state index in [1.165, 1.54) is 0 Å². The van der Waals surface area contributed by atoms with E-state index in [9.17, 15) is 13.6 Å². The number of benzene rings is 1. The number of carboxylic acid groups (broad SMARTS) is 1. The summed E-state index contributed by atoms with van der Waals surface area (Å²) in [4.78, 5) is 11.2. The summed E-state index contributed by atoms with van der Waals surface area (Å²) >= 11 is 0. The number of hydrogen-bond acceptors (Lipinski definition) is 2. The van der Waals surface area contributed by atoms with E-state index in [2.05, 4.69) is 0 Å². The highest BCUT2D eigenvalue weighted by molar-refractivity contribution is 5.79. The Morgan fingerprint density at radius 1 is 1.47 bits per heavy atom. The first-order valence-electron chi connectivity index (χ1n) is 5.35. The molecule has 0 fully saturated rings. The molecule has 3 nitrogen and oxygen atoms in total. The van der Waals surface area contributed by atoms with E-state index in [1.807, 2.05) is 6.92 Å². The lowest BCUT2D eigenvalue weighted by atomic mass is 9.84. The number of nitrogen functional groups attached to an aromatic ring is 1. The van der Waals surface area contributed by atoms with Crippen molar-refractivity contribution in [2.75, 3.05) is 5.73 Å². The van der Waals surface area contributed by atoms with E-state index in [4.69, 9.17) is 10.8 Å². The molecule has 5 heteroatoms. The fourth-order valence-corrected chi connectivity index (χ4v) is 1.78. The van der Waals surface area contributed by atoms with Gasteiger partial charge in [0.25, 0.3) is 0 Å². The normalized spacial score (nSPS) is 14.4. The number of anilines is 1. The minimum Gasteiger partial charge on any atom is -0.481 e. The molecule has 0 spiro atoms. The van der Waals surface area contributed by atoms with Crippen LogP contribution >= 0.6 is 0 Å². The molecular formula is C12H15F2NO2. The van der Waals surface area contributed by atoms with Gasteiger partial charge in [0, 0.05) is 6.07 Å². The van der Waals surface area contributed by atoms with E-state index < -0.39 is 23.5 Å². The van der Waals surface area contributed by atoms with Crippen LogP contribution in [0.15, 0.2) is 12.1 Å². The van der Waals surface area contributed by atoms with Gasteiger partial charge in [0.2, 0.25) is 0 Å². The molecule has 0 bridgehead atoms. The summed E-state index contributed by atoms with van der Waals surface area (Å²) in [5, 5.41) is 9.13. The SMILES string of the molecule is CCC(C)C(C(=O)O)c1cc(F)cc(F)c1N. The Morgan fingerprint density at radius 2 is 2.06 bits per heavy atom. The summed E-state index contributed by atoms with van der Waals surface area (Å²) in [5.74, 6) is -4.12. The third-order valence-corrected chi connectivity index (χ3v) is 2.94. The second-order valence-electron chi connectivity index (χ2n) is 4.09. The third-order valence-electron chi connectivity index (χ3n) is 2.94. The highest BCUT2D eigenvalue weighted by Gasteiger charge is 2.28. The van der Waals surface area contributed by atoms with E-state index in [0.29, 0.717) is 12.5 Å². The maximum atomic E-state index is 13.3. The Morgan fingerprint density at radius 3 is 2.53 bits per heavy atom. The Labute approximate surface area is 98.2 Å². The van der Waals surface area contributed by atoms with Crippen molar-refractivity contribution in [1.29, 1.82) is 0 Å². The molecule has 94 valence electrons. The first-order chi connectivity index (χ1) is 7.88. The van der Waals surface area contributed by atoms with Gasteiger partial charge in [0.05, 0.1) is 11.6 Å². The van der Waals surface area contributed by atoms with Crippen LogP contribution in [0.25, 0.3) is 0 Å². The minimum atomic E-state index is -1.13. The quantitative estimate of drug-likeness (QED) is 0.799. The fourth-order valence-electron chi connectivity index (χ4n) is 1.78. The van der Waals surface area contributed by atoms with Crippen LogP contribution in [0.1, 0.15) is 31.7 Å². The Balaban J connectivity index is 3.32. The lowest BCUT2D eigenvalue weighted by Gasteiger charge is -2.21. The zero-order chi connectivity index (χ0) is 13.2. The average Bonchev–Trinajstić information content (AvgIpc) is 2.24. The van der Waals surface area contributed by atoms with Crippen molar-refractivity contribution in [1.82, 2.24) is 0 Å². The lowest BCUT2D eigenvalue weighted by molar-refractivity contribution is -0.140. The topological polar surface area (TPSA) is 63.3 Å². The molecule has 2 atom stereocenters. The summed E-state index contributed by atoms with van der Waals surface area (Å²) in [6.45, 7) is 3.52. The van der Waals surface area contributed by atoms with Crippen LogP contribution in [-0.4, -0.2) is 11.1 Å². The number of halogens is 2. The van der Waals surface area contributed by atoms with E-state index in [0.717, 1.165) is 6.07 Å². The Bertz CT molecular complexity index is 435. The van der Waals surface area contributed by atoms with Crippen molar-refractivity contribution in [3.63, 3.8) is 0 Å². The lowest BCUT2D eigenvalue weighted by Crippen LogP contribution is -2.21. The molecule has 0 aromatic heterocycles. The molecule has 0 heterocycles. The Kier molecular flexibility index (Phi) is 4.04. The van der Waals surface area contributed by atoms with Crippen LogP contribution in [0.5, 0.6) is 0 Å². The molecule has 0 aliphatic heterocycles. The van der Waals surface area contributed by atoms with Crippen molar-refractivity contribution in [2.24, 2.45) is 5.92 Å².